The maximum absolute atomic E-state index is 12.8. The van der Waals surface area contributed by atoms with E-state index in [1.165, 1.54) is 0 Å². The summed E-state index contributed by atoms with van der Waals surface area (Å²) in [6.07, 6.45) is 3.71. The van der Waals surface area contributed by atoms with Crippen LogP contribution in [-0.4, -0.2) is 35.3 Å². The van der Waals surface area contributed by atoms with E-state index in [1.807, 2.05) is 25.1 Å². The van der Waals surface area contributed by atoms with Gasteiger partial charge in [0.25, 0.3) is 5.91 Å². The van der Waals surface area contributed by atoms with E-state index in [0.29, 0.717) is 11.3 Å². The maximum atomic E-state index is 12.8. The zero-order chi connectivity index (χ0) is 16.4. The van der Waals surface area contributed by atoms with Gasteiger partial charge in [-0.1, -0.05) is 12.8 Å². The lowest BCUT2D eigenvalue weighted by atomic mass is 9.97. The normalized spacial score (nSPS) is 16.5. The maximum Gasteiger partial charge on any atom is 0.252 e. The third-order valence-corrected chi connectivity index (χ3v) is 4.63. The van der Waals surface area contributed by atoms with E-state index in [2.05, 4.69) is 10.3 Å². The van der Waals surface area contributed by atoms with Crippen LogP contribution in [0.5, 0.6) is 5.75 Å². The lowest BCUT2D eigenvalue weighted by Crippen LogP contribution is -2.49. The van der Waals surface area contributed by atoms with Gasteiger partial charge in [-0.2, -0.15) is 0 Å². The predicted octanol–water partition coefficient (Wildman–Crippen LogP) is 2.59. The number of fused-ring (bicyclic) bond motifs is 1. The third-order valence-electron chi connectivity index (χ3n) is 4.63. The number of rotatable bonds is 4. The fourth-order valence-corrected chi connectivity index (χ4v) is 3.33. The third kappa shape index (κ3) is 3.01. The summed E-state index contributed by atoms with van der Waals surface area (Å²) in [5, 5.41) is 13.5. The minimum absolute atomic E-state index is 0.0238. The molecule has 0 bridgehead atoms. The molecule has 122 valence electrons. The number of aromatic nitrogens is 1. The summed E-state index contributed by atoms with van der Waals surface area (Å²) in [5.74, 6) is 0.527. The molecule has 5 heteroatoms. The first-order chi connectivity index (χ1) is 11.1. The highest BCUT2D eigenvalue weighted by Gasteiger charge is 2.35. The van der Waals surface area contributed by atoms with Gasteiger partial charge in [-0.3, -0.25) is 9.78 Å². The summed E-state index contributed by atoms with van der Waals surface area (Å²) in [6.45, 7) is 1.85. The largest absolute Gasteiger partial charge is 0.497 e. The zero-order valence-corrected chi connectivity index (χ0v) is 13.6. The Morgan fingerprint density at radius 1 is 1.35 bits per heavy atom. The van der Waals surface area contributed by atoms with Crippen molar-refractivity contribution in [2.24, 2.45) is 0 Å². The van der Waals surface area contributed by atoms with Gasteiger partial charge in [0.1, 0.15) is 5.75 Å². The van der Waals surface area contributed by atoms with Crippen LogP contribution in [0.15, 0.2) is 24.3 Å². The van der Waals surface area contributed by atoms with E-state index in [1.54, 1.807) is 13.2 Å². The molecular formula is C18H22N2O3. The van der Waals surface area contributed by atoms with Gasteiger partial charge in [0.15, 0.2) is 0 Å². The molecule has 0 atom stereocenters. The lowest BCUT2D eigenvalue weighted by Gasteiger charge is -2.28. The molecule has 1 saturated carbocycles. The van der Waals surface area contributed by atoms with Crippen LogP contribution in [0.25, 0.3) is 10.9 Å². The Balaban J connectivity index is 2.02. The van der Waals surface area contributed by atoms with Gasteiger partial charge in [0.05, 0.1) is 30.3 Å². The number of aryl methyl sites for hydroxylation is 1. The first-order valence-electron chi connectivity index (χ1n) is 7.96. The van der Waals surface area contributed by atoms with E-state index in [-0.39, 0.29) is 12.5 Å². The van der Waals surface area contributed by atoms with E-state index in [4.69, 9.17) is 4.74 Å². The van der Waals surface area contributed by atoms with Gasteiger partial charge in [-0.25, -0.2) is 0 Å². The fraction of sp³-hybridized carbons (Fsp3) is 0.444. The van der Waals surface area contributed by atoms with E-state index >= 15 is 0 Å². The van der Waals surface area contributed by atoms with Crippen molar-refractivity contribution in [1.82, 2.24) is 10.3 Å². The molecule has 3 rings (SSSR count). The Labute approximate surface area is 135 Å². The molecule has 2 aromatic rings. The number of hydrogen-bond acceptors (Lipinski definition) is 4. The molecule has 1 heterocycles. The summed E-state index contributed by atoms with van der Waals surface area (Å²) in [4.78, 5) is 17.3. The fourth-order valence-electron chi connectivity index (χ4n) is 3.33. The standard InChI is InChI=1S/C18H22N2O3/c1-12-9-15(14-10-13(23-2)5-6-16(14)19-12)17(22)20-18(11-21)7-3-4-8-18/h5-6,9-10,21H,3-4,7-8,11H2,1-2H3,(H,20,22). The second kappa shape index (κ2) is 6.16. The average Bonchev–Trinajstić information content (AvgIpc) is 3.02. The van der Waals surface area contributed by atoms with Gasteiger partial charge < -0.3 is 15.2 Å². The van der Waals surface area contributed by atoms with Crippen molar-refractivity contribution in [1.29, 1.82) is 0 Å². The van der Waals surface area contributed by atoms with Crippen molar-refractivity contribution < 1.29 is 14.6 Å². The Bertz CT molecular complexity index is 736. The van der Waals surface area contributed by atoms with Crippen LogP contribution >= 0.6 is 0 Å². The van der Waals surface area contributed by atoms with E-state index in [9.17, 15) is 9.90 Å². The smallest absolute Gasteiger partial charge is 0.252 e. The van der Waals surface area contributed by atoms with Gasteiger partial charge >= 0.3 is 0 Å². The van der Waals surface area contributed by atoms with Gasteiger partial charge in [0.2, 0.25) is 0 Å². The molecule has 0 unspecified atom stereocenters. The van der Waals surface area contributed by atoms with Crippen LogP contribution in [0, 0.1) is 6.92 Å². The van der Waals surface area contributed by atoms with Crippen molar-refractivity contribution in [3.05, 3.63) is 35.5 Å². The van der Waals surface area contributed by atoms with Crippen LogP contribution in [0.1, 0.15) is 41.7 Å². The number of pyridine rings is 1. The SMILES string of the molecule is COc1ccc2nc(C)cc(C(=O)NC3(CO)CCCC3)c2c1. The molecule has 0 aliphatic heterocycles. The number of carbonyl (C=O) groups is 1. The van der Waals surface area contributed by atoms with E-state index < -0.39 is 5.54 Å². The zero-order valence-electron chi connectivity index (χ0n) is 13.6. The molecule has 1 aromatic heterocycles. The molecule has 0 radical (unpaired) electrons. The minimum Gasteiger partial charge on any atom is -0.497 e. The number of nitrogens with zero attached hydrogens (tertiary/aromatic N) is 1. The molecule has 2 N–H and O–H groups in total. The quantitative estimate of drug-likeness (QED) is 0.910. The van der Waals surface area contributed by atoms with Crippen molar-refractivity contribution in [2.75, 3.05) is 13.7 Å². The van der Waals surface area contributed by atoms with Crippen LogP contribution in [0.3, 0.4) is 0 Å². The summed E-state index contributed by atoms with van der Waals surface area (Å²) < 4.78 is 5.26. The molecule has 5 nitrogen and oxygen atoms in total. The van der Waals surface area contributed by atoms with E-state index in [0.717, 1.165) is 42.3 Å². The van der Waals surface area contributed by atoms with Crippen molar-refractivity contribution >= 4 is 16.8 Å². The molecular weight excluding hydrogens is 292 g/mol. The van der Waals surface area contributed by atoms with Crippen molar-refractivity contribution in [3.8, 4) is 5.75 Å². The molecule has 0 saturated heterocycles. The molecule has 1 aromatic carbocycles. The first-order valence-corrected chi connectivity index (χ1v) is 7.96. The monoisotopic (exact) mass is 314 g/mol. The Morgan fingerprint density at radius 2 is 2.09 bits per heavy atom. The van der Waals surface area contributed by atoms with Crippen LogP contribution in [0.4, 0.5) is 0 Å². The first kappa shape index (κ1) is 15.7. The number of benzene rings is 1. The van der Waals surface area contributed by atoms with Crippen LogP contribution in [-0.2, 0) is 0 Å². The molecule has 1 aliphatic rings. The van der Waals surface area contributed by atoms with Crippen LogP contribution < -0.4 is 10.1 Å². The number of carbonyl (C=O) groups excluding carboxylic acids is 1. The summed E-state index contributed by atoms with van der Waals surface area (Å²) >= 11 is 0. The number of aliphatic hydroxyl groups is 1. The predicted molar refractivity (Wildman–Crippen MR) is 88.8 cm³/mol. The Morgan fingerprint density at radius 3 is 2.74 bits per heavy atom. The number of nitrogens with one attached hydrogen (secondary N) is 1. The van der Waals surface area contributed by atoms with Crippen LogP contribution in [0.2, 0.25) is 0 Å². The minimum atomic E-state index is -0.487. The molecule has 1 amide bonds. The second-order valence-electron chi connectivity index (χ2n) is 6.29. The molecule has 1 aliphatic carbocycles. The Hall–Kier alpha value is -2.14. The van der Waals surface area contributed by atoms with Crippen molar-refractivity contribution in [3.63, 3.8) is 0 Å². The lowest BCUT2D eigenvalue weighted by molar-refractivity contribution is 0.0840. The summed E-state index contributed by atoms with van der Waals surface area (Å²) in [7, 11) is 1.60. The second-order valence-corrected chi connectivity index (χ2v) is 6.29. The Kier molecular flexibility index (Phi) is 4.22. The number of ether oxygens (including phenoxy) is 1. The topological polar surface area (TPSA) is 71.5 Å². The van der Waals surface area contributed by atoms with Gasteiger partial charge in [0, 0.05) is 11.1 Å². The number of amides is 1. The molecule has 0 spiro atoms. The van der Waals surface area contributed by atoms with Gasteiger partial charge in [-0.05, 0) is 44.0 Å². The highest BCUT2D eigenvalue weighted by atomic mass is 16.5. The highest BCUT2D eigenvalue weighted by molar-refractivity contribution is 6.06. The van der Waals surface area contributed by atoms with Crippen molar-refractivity contribution in [2.45, 2.75) is 38.1 Å². The highest BCUT2D eigenvalue weighted by Crippen LogP contribution is 2.30. The molecule has 1 fully saturated rings. The molecule has 23 heavy (non-hydrogen) atoms. The number of aliphatic hydroxyl groups excluding tert-OH is 1. The average molecular weight is 314 g/mol. The van der Waals surface area contributed by atoms with Gasteiger partial charge in [-0.15, -0.1) is 0 Å². The number of methoxy groups -OCH3 is 1. The number of hydrogen-bond donors (Lipinski definition) is 2. The summed E-state index contributed by atoms with van der Waals surface area (Å²) in [5.41, 5.74) is 1.64. The summed E-state index contributed by atoms with van der Waals surface area (Å²) in [6, 6.07) is 7.31.